The van der Waals surface area contributed by atoms with E-state index in [0.29, 0.717) is 12.1 Å². The minimum absolute atomic E-state index is 0. The molecule has 6 heteroatoms. The van der Waals surface area contributed by atoms with Crippen LogP contribution >= 0.6 is 24.0 Å². The van der Waals surface area contributed by atoms with Crippen molar-refractivity contribution in [2.45, 2.75) is 59.0 Å². The van der Waals surface area contributed by atoms with Gasteiger partial charge in [-0.15, -0.1) is 24.0 Å². The molecular formula is C18H39IN4O. The third kappa shape index (κ3) is 8.85. The molecule has 1 saturated heterocycles. The summed E-state index contributed by atoms with van der Waals surface area (Å²) in [6.07, 6.45) is 3.64. The van der Waals surface area contributed by atoms with Gasteiger partial charge in [0.25, 0.3) is 0 Å². The third-order valence-electron chi connectivity index (χ3n) is 4.77. The number of nitrogens with zero attached hydrogens (tertiary/aromatic N) is 3. The first-order chi connectivity index (χ1) is 11.0. The zero-order valence-corrected chi connectivity index (χ0v) is 18.9. The van der Waals surface area contributed by atoms with Gasteiger partial charge in [0, 0.05) is 59.0 Å². The normalized spacial score (nSPS) is 16.6. The van der Waals surface area contributed by atoms with E-state index in [1.807, 2.05) is 7.05 Å². The fourth-order valence-corrected chi connectivity index (χ4v) is 3.31. The Labute approximate surface area is 166 Å². The molecule has 24 heavy (non-hydrogen) atoms. The van der Waals surface area contributed by atoms with E-state index >= 15 is 0 Å². The fourth-order valence-electron chi connectivity index (χ4n) is 3.31. The molecule has 0 atom stereocenters. The van der Waals surface area contributed by atoms with Gasteiger partial charge in [0.2, 0.25) is 0 Å². The second-order valence-electron chi connectivity index (χ2n) is 7.17. The van der Waals surface area contributed by atoms with Crippen molar-refractivity contribution in [3.05, 3.63) is 0 Å². The Morgan fingerprint density at radius 1 is 1.12 bits per heavy atom. The Morgan fingerprint density at radius 2 is 1.71 bits per heavy atom. The summed E-state index contributed by atoms with van der Waals surface area (Å²) in [6, 6.07) is 1.15. The number of ether oxygens (including phenoxy) is 1. The number of nitrogens with one attached hydrogen (secondary N) is 1. The highest BCUT2D eigenvalue weighted by molar-refractivity contribution is 14.0. The highest BCUT2D eigenvalue weighted by atomic mass is 127. The van der Waals surface area contributed by atoms with E-state index in [-0.39, 0.29) is 24.0 Å². The molecule has 0 unspecified atom stereocenters. The Hall–Kier alpha value is -0.0800. The molecule has 0 aromatic rings. The van der Waals surface area contributed by atoms with Crippen molar-refractivity contribution in [1.29, 1.82) is 0 Å². The predicted molar refractivity (Wildman–Crippen MR) is 115 cm³/mol. The van der Waals surface area contributed by atoms with Crippen molar-refractivity contribution in [2.75, 3.05) is 46.9 Å². The van der Waals surface area contributed by atoms with E-state index < -0.39 is 0 Å². The summed E-state index contributed by atoms with van der Waals surface area (Å²) in [5.74, 6) is 1.81. The van der Waals surface area contributed by atoms with Gasteiger partial charge in [0.15, 0.2) is 5.96 Å². The van der Waals surface area contributed by atoms with Gasteiger partial charge in [-0.2, -0.15) is 0 Å². The van der Waals surface area contributed by atoms with Crippen molar-refractivity contribution in [1.82, 2.24) is 15.1 Å². The number of aliphatic imine (C=N–C) groups is 1. The number of halogens is 1. The maximum absolute atomic E-state index is 5.43. The van der Waals surface area contributed by atoms with Crippen molar-refractivity contribution < 1.29 is 4.74 Å². The molecule has 144 valence electrons. The second-order valence-corrected chi connectivity index (χ2v) is 7.17. The van der Waals surface area contributed by atoms with E-state index in [2.05, 4.69) is 54.9 Å². The molecular weight excluding hydrogens is 415 g/mol. The first-order valence-electron chi connectivity index (χ1n) is 9.21. The monoisotopic (exact) mass is 454 g/mol. The Morgan fingerprint density at radius 3 is 2.21 bits per heavy atom. The van der Waals surface area contributed by atoms with E-state index in [1.54, 1.807) is 0 Å². The van der Waals surface area contributed by atoms with Gasteiger partial charge >= 0.3 is 0 Å². The van der Waals surface area contributed by atoms with E-state index in [0.717, 1.165) is 44.7 Å². The fraction of sp³-hybridized carbons (Fsp3) is 0.944. The summed E-state index contributed by atoms with van der Waals surface area (Å²) in [5, 5.41) is 3.51. The number of hydrogen-bond donors (Lipinski definition) is 1. The molecule has 1 fully saturated rings. The van der Waals surface area contributed by atoms with Crippen LogP contribution in [-0.2, 0) is 4.74 Å². The highest BCUT2D eigenvalue weighted by Crippen LogP contribution is 2.18. The maximum Gasteiger partial charge on any atom is 0.193 e. The molecule has 1 N–H and O–H groups in total. The maximum atomic E-state index is 5.43. The Balaban J connectivity index is 0.00000529. The molecule has 0 spiro atoms. The van der Waals surface area contributed by atoms with Crippen molar-refractivity contribution >= 4 is 29.9 Å². The molecule has 1 aliphatic rings. The van der Waals surface area contributed by atoms with Crippen LogP contribution in [0.4, 0.5) is 0 Å². The SMILES string of the molecule is CN=C(NCCN(C(C)C)C(C)C)N(C)CCC1CCOCC1.I. The number of rotatable bonds is 8. The lowest BCUT2D eigenvalue weighted by atomic mass is 9.96. The summed E-state index contributed by atoms with van der Waals surface area (Å²) in [5.41, 5.74) is 0. The standard InChI is InChI=1S/C18H38N4O.HI/c1-15(2)22(16(3)4)12-10-20-18(19-5)21(6)11-7-17-8-13-23-14-9-17;/h15-17H,7-14H2,1-6H3,(H,19,20);1H. The van der Waals surface area contributed by atoms with Gasteiger partial charge in [-0.05, 0) is 52.9 Å². The minimum Gasteiger partial charge on any atom is -0.381 e. The Bertz CT molecular complexity index is 336. The van der Waals surface area contributed by atoms with Crippen molar-refractivity contribution in [2.24, 2.45) is 10.9 Å². The predicted octanol–water partition coefficient (Wildman–Crippen LogP) is 3.05. The van der Waals surface area contributed by atoms with E-state index in [4.69, 9.17) is 4.74 Å². The van der Waals surface area contributed by atoms with Crippen molar-refractivity contribution in [3.63, 3.8) is 0 Å². The van der Waals surface area contributed by atoms with Crippen LogP contribution in [0.3, 0.4) is 0 Å². The molecule has 0 amide bonds. The molecule has 0 saturated carbocycles. The summed E-state index contributed by atoms with van der Waals surface area (Å²) in [4.78, 5) is 9.18. The van der Waals surface area contributed by atoms with Crippen LogP contribution in [-0.4, -0.2) is 74.8 Å². The summed E-state index contributed by atoms with van der Waals surface area (Å²) in [6.45, 7) is 13.9. The van der Waals surface area contributed by atoms with Crippen LogP contribution in [0, 0.1) is 5.92 Å². The van der Waals surface area contributed by atoms with Crippen LogP contribution < -0.4 is 5.32 Å². The van der Waals surface area contributed by atoms with Crippen LogP contribution in [0.5, 0.6) is 0 Å². The van der Waals surface area contributed by atoms with Gasteiger partial charge in [0.1, 0.15) is 0 Å². The summed E-state index contributed by atoms with van der Waals surface area (Å²) < 4.78 is 5.43. The third-order valence-corrected chi connectivity index (χ3v) is 4.77. The molecule has 1 rings (SSSR count). The van der Waals surface area contributed by atoms with Gasteiger partial charge in [-0.3, -0.25) is 9.89 Å². The van der Waals surface area contributed by atoms with Crippen LogP contribution in [0.15, 0.2) is 4.99 Å². The van der Waals surface area contributed by atoms with Gasteiger partial charge in [-0.1, -0.05) is 0 Å². The van der Waals surface area contributed by atoms with E-state index in [1.165, 1.54) is 19.3 Å². The molecule has 1 heterocycles. The lowest BCUT2D eigenvalue weighted by Crippen LogP contribution is -2.46. The van der Waals surface area contributed by atoms with Crippen LogP contribution in [0.2, 0.25) is 0 Å². The molecule has 0 radical (unpaired) electrons. The average molecular weight is 454 g/mol. The van der Waals surface area contributed by atoms with Gasteiger partial charge in [0.05, 0.1) is 0 Å². The first kappa shape index (κ1) is 23.9. The number of guanidine groups is 1. The molecule has 5 nitrogen and oxygen atoms in total. The second kappa shape index (κ2) is 13.2. The summed E-state index contributed by atoms with van der Waals surface area (Å²) >= 11 is 0. The average Bonchev–Trinajstić information content (AvgIpc) is 2.53. The lowest BCUT2D eigenvalue weighted by Gasteiger charge is -2.31. The zero-order valence-electron chi connectivity index (χ0n) is 16.5. The zero-order chi connectivity index (χ0) is 17.2. The topological polar surface area (TPSA) is 40.1 Å². The molecule has 0 aromatic carbocycles. The van der Waals surface area contributed by atoms with Gasteiger partial charge in [-0.25, -0.2) is 0 Å². The van der Waals surface area contributed by atoms with Gasteiger partial charge < -0.3 is 15.0 Å². The largest absolute Gasteiger partial charge is 0.381 e. The lowest BCUT2D eigenvalue weighted by molar-refractivity contribution is 0.0625. The van der Waals surface area contributed by atoms with E-state index in [9.17, 15) is 0 Å². The van der Waals surface area contributed by atoms with Crippen molar-refractivity contribution in [3.8, 4) is 0 Å². The Kier molecular flexibility index (Phi) is 13.1. The molecule has 0 aromatic heterocycles. The summed E-state index contributed by atoms with van der Waals surface area (Å²) in [7, 11) is 4.01. The minimum atomic E-state index is 0. The molecule has 0 aliphatic carbocycles. The smallest absolute Gasteiger partial charge is 0.193 e. The van der Waals surface area contributed by atoms with Crippen LogP contribution in [0.1, 0.15) is 47.0 Å². The first-order valence-corrected chi connectivity index (χ1v) is 9.21. The molecule has 1 aliphatic heterocycles. The highest BCUT2D eigenvalue weighted by Gasteiger charge is 2.16. The van der Waals surface area contributed by atoms with Crippen LogP contribution in [0.25, 0.3) is 0 Å². The quantitative estimate of drug-likeness (QED) is 0.348. The molecule has 0 bridgehead atoms. The number of hydrogen-bond acceptors (Lipinski definition) is 3.